The predicted molar refractivity (Wildman–Crippen MR) is 96.0 cm³/mol. The van der Waals surface area contributed by atoms with Gasteiger partial charge in [0.25, 0.3) is 0 Å². The number of nitrogens with one attached hydrogen (secondary N) is 2. The molecule has 6 heteroatoms. The van der Waals surface area contributed by atoms with E-state index in [9.17, 15) is 4.79 Å². The summed E-state index contributed by atoms with van der Waals surface area (Å²) >= 11 is 5.88. The van der Waals surface area contributed by atoms with E-state index < -0.39 is 0 Å². The number of anilines is 1. The van der Waals surface area contributed by atoms with Crippen LogP contribution in [-0.4, -0.2) is 26.7 Å². The van der Waals surface area contributed by atoms with Gasteiger partial charge >= 0.3 is 0 Å². The maximum atomic E-state index is 12.2. The fourth-order valence-corrected chi connectivity index (χ4v) is 2.35. The van der Waals surface area contributed by atoms with Crippen LogP contribution in [0.25, 0.3) is 0 Å². The van der Waals surface area contributed by atoms with Gasteiger partial charge in [0.15, 0.2) is 0 Å². The molecule has 1 atom stereocenters. The summed E-state index contributed by atoms with van der Waals surface area (Å²) in [7, 11) is 3.13. The van der Waals surface area contributed by atoms with E-state index in [1.54, 1.807) is 32.4 Å². The minimum absolute atomic E-state index is 0.0280. The second kappa shape index (κ2) is 8.57. The SMILES string of the molecule is COc1ccc(OC)c(NC(=O)CN[C@@H](C)c2ccc(Cl)cc2)c1. The Morgan fingerprint density at radius 3 is 2.46 bits per heavy atom. The fourth-order valence-electron chi connectivity index (χ4n) is 2.22. The molecule has 1 amide bonds. The van der Waals surface area contributed by atoms with Crippen LogP contribution in [0.5, 0.6) is 11.5 Å². The molecule has 0 saturated heterocycles. The Kier molecular flexibility index (Phi) is 6.46. The molecule has 2 N–H and O–H groups in total. The molecule has 0 saturated carbocycles. The number of rotatable bonds is 7. The van der Waals surface area contributed by atoms with Gasteiger partial charge in [-0.1, -0.05) is 23.7 Å². The number of ether oxygens (including phenoxy) is 2. The first-order valence-electron chi connectivity index (χ1n) is 7.54. The molecule has 0 spiro atoms. The minimum atomic E-state index is -0.164. The second-order valence-corrected chi connectivity index (χ2v) is 5.70. The van der Waals surface area contributed by atoms with Gasteiger partial charge in [0.2, 0.25) is 5.91 Å². The maximum Gasteiger partial charge on any atom is 0.238 e. The molecule has 0 aromatic heterocycles. The van der Waals surface area contributed by atoms with Crippen LogP contribution in [0.3, 0.4) is 0 Å². The van der Waals surface area contributed by atoms with E-state index in [-0.39, 0.29) is 18.5 Å². The summed E-state index contributed by atoms with van der Waals surface area (Å²) in [6.45, 7) is 2.16. The zero-order valence-electron chi connectivity index (χ0n) is 13.9. The number of carbonyl (C=O) groups excluding carboxylic acids is 1. The molecule has 2 aromatic rings. The molecule has 2 rings (SSSR count). The summed E-state index contributed by atoms with van der Waals surface area (Å²) in [6, 6.07) is 12.8. The molecule has 0 aliphatic carbocycles. The van der Waals surface area contributed by atoms with Gasteiger partial charge in [-0.3, -0.25) is 4.79 Å². The Morgan fingerprint density at radius 1 is 1.12 bits per heavy atom. The van der Waals surface area contributed by atoms with Crippen molar-refractivity contribution in [3.8, 4) is 11.5 Å². The minimum Gasteiger partial charge on any atom is -0.497 e. The highest BCUT2D eigenvalue weighted by molar-refractivity contribution is 6.30. The van der Waals surface area contributed by atoms with Gasteiger partial charge in [-0.25, -0.2) is 0 Å². The van der Waals surface area contributed by atoms with Crippen molar-refractivity contribution in [2.24, 2.45) is 0 Å². The van der Waals surface area contributed by atoms with Crippen LogP contribution < -0.4 is 20.1 Å². The van der Waals surface area contributed by atoms with Crippen LogP contribution in [0.15, 0.2) is 42.5 Å². The van der Waals surface area contributed by atoms with Crippen molar-refractivity contribution >= 4 is 23.2 Å². The molecule has 0 bridgehead atoms. The molecule has 0 heterocycles. The van der Waals surface area contributed by atoms with Crippen molar-refractivity contribution in [2.45, 2.75) is 13.0 Å². The lowest BCUT2D eigenvalue weighted by Gasteiger charge is -2.15. The number of benzene rings is 2. The highest BCUT2D eigenvalue weighted by atomic mass is 35.5. The highest BCUT2D eigenvalue weighted by Crippen LogP contribution is 2.28. The summed E-state index contributed by atoms with van der Waals surface area (Å²) in [5, 5.41) is 6.69. The van der Waals surface area contributed by atoms with E-state index in [0.717, 1.165) is 5.56 Å². The van der Waals surface area contributed by atoms with E-state index in [4.69, 9.17) is 21.1 Å². The summed E-state index contributed by atoms with van der Waals surface area (Å²) in [4.78, 5) is 12.2. The number of methoxy groups -OCH3 is 2. The van der Waals surface area contributed by atoms with Crippen LogP contribution in [0.2, 0.25) is 5.02 Å². The van der Waals surface area contributed by atoms with Gasteiger partial charge in [0.1, 0.15) is 11.5 Å². The Bertz CT molecular complexity index is 689. The first kappa shape index (κ1) is 18.1. The Hall–Kier alpha value is -2.24. The van der Waals surface area contributed by atoms with Gasteiger partial charge in [0.05, 0.1) is 26.5 Å². The second-order valence-electron chi connectivity index (χ2n) is 5.27. The summed E-state index contributed by atoms with van der Waals surface area (Å²) in [6.07, 6.45) is 0. The summed E-state index contributed by atoms with van der Waals surface area (Å²) in [5.74, 6) is 1.06. The zero-order chi connectivity index (χ0) is 17.5. The molecule has 0 radical (unpaired) electrons. The molecular formula is C18H21ClN2O3. The molecule has 0 aliphatic heterocycles. The Morgan fingerprint density at radius 2 is 1.83 bits per heavy atom. The number of amides is 1. The molecule has 24 heavy (non-hydrogen) atoms. The van der Waals surface area contributed by atoms with Crippen LogP contribution in [0, 0.1) is 0 Å². The smallest absolute Gasteiger partial charge is 0.238 e. The lowest BCUT2D eigenvalue weighted by molar-refractivity contribution is -0.115. The van der Waals surface area contributed by atoms with Crippen LogP contribution in [0.1, 0.15) is 18.5 Å². The number of hydrogen-bond donors (Lipinski definition) is 2. The number of hydrogen-bond acceptors (Lipinski definition) is 4. The lowest BCUT2D eigenvalue weighted by atomic mass is 10.1. The lowest BCUT2D eigenvalue weighted by Crippen LogP contribution is -2.30. The highest BCUT2D eigenvalue weighted by Gasteiger charge is 2.11. The maximum absolute atomic E-state index is 12.2. The van der Waals surface area contributed by atoms with E-state index in [2.05, 4.69) is 10.6 Å². The average molecular weight is 349 g/mol. The molecule has 128 valence electrons. The molecule has 2 aromatic carbocycles. The van der Waals surface area contributed by atoms with Gasteiger partial charge in [0, 0.05) is 17.1 Å². The molecule has 0 unspecified atom stereocenters. The summed E-state index contributed by atoms with van der Waals surface area (Å²) < 4.78 is 10.4. The first-order valence-corrected chi connectivity index (χ1v) is 7.92. The van der Waals surface area contributed by atoms with Gasteiger partial charge in [-0.05, 0) is 36.8 Å². The largest absolute Gasteiger partial charge is 0.497 e. The first-order chi connectivity index (χ1) is 11.5. The third-order valence-electron chi connectivity index (χ3n) is 3.62. The van der Waals surface area contributed by atoms with Crippen LogP contribution in [-0.2, 0) is 4.79 Å². The number of halogens is 1. The van der Waals surface area contributed by atoms with Crippen molar-refractivity contribution in [1.82, 2.24) is 5.32 Å². The van der Waals surface area contributed by atoms with Crippen molar-refractivity contribution in [2.75, 3.05) is 26.1 Å². The Balaban J connectivity index is 1.94. The third kappa shape index (κ3) is 4.88. The van der Waals surface area contributed by atoms with Gasteiger partial charge < -0.3 is 20.1 Å². The summed E-state index contributed by atoms with van der Waals surface area (Å²) in [5.41, 5.74) is 1.63. The van der Waals surface area contributed by atoms with Gasteiger partial charge in [-0.15, -0.1) is 0 Å². The Labute approximate surface area is 146 Å². The topological polar surface area (TPSA) is 59.6 Å². The average Bonchev–Trinajstić information content (AvgIpc) is 2.60. The van der Waals surface area contributed by atoms with E-state index in [1.165, 1.54) is 0 Å². The standard InChI is InChI=1S/C18H21ClN2O3/c1-12(13-4-6-14(19)7-5-13)20-11-18(22)21-16-10-15(23-2)8-9-17(16)24-3/h4-10,12,20H,11H2,1-3H3,(H,21,22)/t12-/m0/s1. The van der Waals surface area contributed by atoms with Crippen molar-refractivity contribution < 1.29 is 14.3 Å². The normalized spacial score (nSPS) is 11.7. The monoisotopic (exact) mass is 348 g/mol. The van der Waals surface area contributed by atoms with Crippen molar-refractivity contribution in [3.63, 3.8) is 0 Å². The number of carbonyl (C=O) groups is 1. The molecule has 0 aliphatic rings. The zero-order valence-corrected chi connectivity index (χ0v) is 14.7. The predicted octanol–water partition coefficient (Wildman–Crippen LogP) is 3.65. The van der Waals surface area contributed by atoms with E-state index in [0.29, 0.717) is 22.2 Å². The quantitative estimate of drug-likeness (QED) is 0.802. The molecular weight excluding hydrogens is 328 g/mol. The van der Waals surface area contributed by atoms with Crippen molar-refractivity contribution in [3.05, 3.63) is 53.1 Å². The third-order valence-corrected chi connectivity index (χ3v) is 3.87. The van der Waals surface area contributed by atoms with Crippen molar-refractivity contribution in [1.29, 1.82) is 0 Å². The molecule has 0 fully saturated rings. The van der Waals surface area contributed by atoms with E-state index >= 15 is 0 Å². The van der Waals surface area contributed by atoms with Crippen LogP contribution >= 0.6 is 11.6 Å². The van der Waals surface area contributed by atoms with Crippen LogP contribution in [0.4, 0.5) is 5.69 Å². The molecule has 5 nitrogen and oxygen atoms in total. The fraction of sp³-hybridized carbons (Fsp3) is 0.278. The van der Waals surface area contributed by atoms with Gasteiger partial charge in [-0.2, -0.15) is 0 Å². The van der Waals surface area contributed by atoms with E-state index in [1.807, 2.05) is 31.2 Å².